The topological polar surface area (TPSA) is 85.0 Å². The van der Waals surface area contributed by atoms with Crippen molar-refractivity contribution in [3.8, 4) is 0 Å². The van der Waals surface area contributed by atoms with E-state index in [4.69, 9.17) is 4.52 Å². The Balaban J connectivity index is 1.49. The van der Waals surface area contributed by atoms with Gasteiger partial charge in [-0.25, -0.2) is 4.98 Å². The fraction of sp³-hybridized carbons (Fsp3) is 0.353. The molecule has 1 aliphatic carbocycles. The second-order valence-corrected chi connectivity index (χ2v) is 6.08. The molecule has 122 valence electrons. The van der Waals surface area contributed by atoms with Gasteiger partial charge in [0.1, 0.15) is 5.69 Å². The molecule has 0 spiro atoms. The second-order valence-electron chi connectivity index (χ2n) is 6.08. The number of amides is 1. The molecular formula is C17H17N5O2. The Morgan fingerprint density at radius 3 is 2.79 bits per heavy atom. The molecule has 1 aliphatic rings. The number of nitrogens with zero attached hydrogens (tertiary/aromatic N) is 5. The molecular weight excluding hydrogens is 306 g/mol. The van der Waals surface area contributed by atoms with E-state index in [0.29, 0.717) is 28.8 Å². The lowest BCUT2D eigenvalue weighted by molar-refractivity contribution is 0.0775. The highest BCUT2D eigenvalue weighted by molar-refractivity contribution is 5.93. The summed E-state index contributed by atoms with van der Waals surface area (Å²) in [6.07, 6.45) is 4.91. The summed E-state index contributed by atoms with van der Waals surface area (Å²) in [5.41, 5.74) is 1.77. The van der Waals surface area contributed by atoms with Gasteiger partial charge in [0.15, 0.2) is 5.82 Å². The molecule has 0 radical (unpaired) electrons. The molecule has 4 rings (SSSR count). The highest BCUT2D eigenvalue weighted by Gasteiger charge is 2.26. The Labute approximate surface area is 138 Å². The summed E-state index contributed by atoms with van der Waals surface area (Å²) in [6.45, 7) is 0.281. The molecule has 0 bridgehead atoms. The van der Waals surface area contributed by atoms with Gasteiger partial charge in [-0.1, -0.05) is 23.7 Å². The molecule has 24 heavy (non-hydrogen) atoms. The highest BCUT2D eigenvalue weighted by atomic mass is 16.5. The lowest BCUT2D eigenvalue weighted by Crippen LogP contribution is -2.27. The summed E-state index contributed by atoms with van der Waals surface area (Å²) in [7, 11) is 1.69. The number of carbonyl (C=O) groups excluding carboxylic acids is 1. The number of carbonyl (C=O) groups is 1. The van der Waals surface area contributed by atoms with Gasteiger partial charge in [-0.2, -0.15) is 4.98 Å². The average Bonchev–Trinajstić information content (AvgIpc) is 2.99. The number of fused-ring (bicyclic) bond motifs is 1. The molecule has 1 fully saturated rings. The number of rotatable bonds is 4. The van der Waals surface area contributed by atoms with E-state index in [9.17, 15) is 4.79 Å². The number of hydrogen-bond donors (Lipinski definition) is 0. The van der Waals surface area contributed by atoms with Gasteiger partial charge in [0, 0.05) is 13.0 Å². The SMILES string of the molecule is CN(Cc1noc(C2CCC2)n1)C(=O)c1cnc2ccccc2n1. The molecule has 2 heterocycles. The Bertz CT molecular complexity index is 887. The third kappa shape index (κ3) is 2.73. The van der Waals surface area contributed by atoms with E-state index in [2.05, 4.69) is 20.1 Å². The Kier molecular flexibility index (Phi) is 3.68. The Hall–Kier alpha value is -2.83. The van der Waals surface area contributed by atoms with Crippen molar-refractivity contribution in [2.24, 2.45) is 0 Å². The number of aromatic nitrogens is 4. The fourth-order valence-corrected chi connectivity index (χ4v) is 2.69. The van der Waals surface area contributed by atoms with E-state index in [-0.39, 0.29) is 12.5 Å². The van der Waals surface area contributed by atoms with Gasteiger partial charge in [-0.3, -0.25) is 9.78 Å². The predicted molar refractivity (Wildman–Crippen MR) is 86.2 cm³/mol. The minimum absolute atomic E-state index is 0.219. The van der Waals surface area contributed by atoms with E-state index in [1.165, 1.54) is 17.5 Å². The lowest BCUT2D eigenvalue weighted by atomic mass is 9.85. The summed E-state index contributed by atoms with van der Waals surface area (Å²) in [4.78, 5) is 27.1. The van der Waals surface area contributed by atoms with Crippen molar-refractivity contribution in [1.29, 1.82) is 0 Å². The zero-order valence-corrected chi connectivity index (χ0v) is 13.3. The quantitative estimate of drug-likeness (QED) is 0.733. The first-order chi connectivity index (χ1) is 11.7. The predicted octanol–water partition coefficient (Wildman–Crippen LogP) is 2.55. The maximum absolute atomic E-state index is 12.5. The highest BCUT2D eigenvalue weighted by Crippen LogP contribution is 2.35. The van der Waals surface area contributed by atoms with E-state index >= 15 is 0 Å². The van der Waals surface area contributed by atoms with Crippen LogP contribution in [0.1, 0.15) is 47.4 Å². The molecule has 0 N–H and O–H groups in total. The zero-order valence-electron chi connectivity index (χ0n) is 13.3. The molecule has 7 nitrogen and oxygen atoms in total. The van der Waals surface area contributed by atoms with Gasteiger partial charge in [0.2, 0.25) is 5.89 Å². The minimum Gasteiger partial charge on any atom is -0.339 e. The van der Waals surface area contributed by atoms with Crippen LogP contribution >= 0.6 is 0 Å². The first-order valence-corrected chi connectivity index (χ1v) is 8.00. The van der Waals surface area contributed by atoms with Crippen molar-refractivity contribution >= 4 is 16.9 Å². The van der Waals surface area contributed by atoms with Crippen LogP contribution in [0.3, 0.4) is 0 Å². The molecule has 2 aromatic heterocycles. The Morgan fingerprint density at radius 2 is 2.04 bits per heavy atom. The Morgan fingerprint density at radius 1 is 1.25 bits per heavy atom. The van der Waals surface area contributed by atoms with Crippen LogP contribution in [0.2, 0.25) is 0 Å². The van der Waals surface area contributed by atoms with Crippen molar-refractivity contribution in [3.05, 3.63) is 47.9 Å². The summed E-state index contributed by atoms with van der Waals surface area (Å²) in [6, 6.07) is 7.46. The second kappa shape index (κ2) is 5.99. The van der Waals surface area contributed by atoms with Crippen LogP contribution in [-0.4, -0.2) is 38.0 Å². The summed E-state index contributed by atoms with van der Waals surface area (Å²) in [5.74, 6) is 1.37. The van der Waals surface area contributed by atoms with Crippen LogP contribution in [0.25, 0.3) is 11.0 Å². The largest absolute Gasteiger partial charge is 0.339 e. The first-order valence-electron chi connectivity index (χ1n) is 8.00. The van der Waals surface area contributed by atoms with E-state index < -0.39 is 0 Å². The number of benzene rings is 1. The van der Waals surface area contributed by atoms with Crippen molar-refractivity contribution < 1.29 is 9.32 Å². The van der Waals surface area contributed by atoms with Crippen LogP contribution in [0.4, 0.5) is 0 Å². The molecule has 1 amide bonds. The summed E-state index contributed by atoms with van der Waals surface area (Å²) < 4.78 is 5.29. The van der Waals surface area contributed by atoms with Gasteiger partial charge in [-0.15, -0.1) is 0 Å². The molecule has 3 aromatic rings. The minimum atomic E-state index is -0.219. The van der Waals surface area contributed by atoms with Crippen molar-refractivity contribution in [2.75, 3.05) is 7.05 Å². The molecule has 0 atom stereocenters. The summed E-state index contributed by atoms with van der Waals surface area (Å²) in [5, 5.41) is 3.97. The smallest absolute Gasteiger partial charge is 0.274 e. The van der Waals surface area contributed by atoms with Gasteiger partial charge >= 0.3 is 0 Å². The lowest BCUT2D eigenvalue weighted by Gasteiger charge is -2.20. The third-order valence-corrected chi connectivity index (χ3v) is 4.33. The standard InChI is InChI=1S/C17H17N5O2/c1-22(10-15-20-16(24-21-15)11-5-4-6-11)17(23)14-9-18-12-7-2-3-8-13(12)19-14/h2-3,7-9,11H,4-6,10H2,1H3. The molecule has 1 aromatic carbocycles. The van der Waals surface area contributed by atoms with Crippen LogP contribution in [0.5, 0.6) is 0 Å². The average molecular weight is 323 g/mol. The number of para-hydroxylation sites is 2. The van der Waals surface area contributed by atoms with E-state index in [0.717, 1.165) is 18.4 Å². The first kappa shape index (κ1) is 14.7. The molecule has 0 aliphatic heterocycles. The van der Waals surface area contributed by atoms with E-state index in [1.807, 2.05) is 24.3 Å². The van der Waals surface area contributed by atoms with E-state index in [1.54, 1.807) is 7.05 Å². The third-order valence-electron chi connectivity index (χ3n) is 4.33. The molecule has 1 saturated carbocycles. The van der Waals surface area contributed by atoms with Crippen LogP contribution < -0.4 is 0 Å². The zero-order chi connectivity index (χ0) is 16.5. The maximum Gasteiger partial charge on any atom is 0.274 e. The summed E-state index contributed by atoms with van der Waals surface area (Å²) >= 11 is 0. The van der Waals surface area contributed by atoms with Crippen molar-refractivity contribution in [2.45, 2.75) is 31.7 Å². The van der Waals surface area contributed by atoms with Crippen LogP contribution in [0.15, 0.2) is 35.0 Å². The number of hydrogen-bond acceptors (Lipinski definition) is 6. The van der Waals surface area contributed by atoms with Gasteiger partial charge in [0.25, 0.3) is 5.91 Å². The van der Waals surface area contributed by atoms with Crippen molar-refractivity contribution in [3.63, 3.8) is 0 Å². The molecule has 0 unspecified atom stereocenters. The van der Waals surface area contributed by atoms with Crippen molar-refractivity contribution in [1.82, 2.24) is 25.0 Å². The monoisotopic (exact) mass is 323 g/mol. The normalized spacial score (nSPS) is 14.5. The van der Waals surface area contributed by atoms with Gasteiger partial charge in [0.05, 0.1) is 23.8 Å². The van der Waals surface area contributed by atoms with Crippen LogP contribution in [-0.2, 0) is 6.54 Å². The molecule has 7 heteroatoms. The van der Waals surface area contributed by atoms with Gasteiger partial charge in [-0.05, 0) is 25.0 Å². The van der Waals surface area contributed by atoms with Crippen LogP contribution in [0, 0.1) is 0 Å². The fourth-order valence-electron chi connectivity index (χ4n) is 2.69. The maximum atomic E-state index is 12.5. The van der Waals surface area contributed by atoms with Gasteiger partial charge < -0.3 is 9.42 Å². The molecule has 0 saturated heterocycles.